The molecule has 4 atom stereocenters. The van der Waals surface area contributed by atoms with E-state index in [1.54, 1.807) is 11.0 Å². The smallest absolute Gasteiger partial charge is 0.230 e. The van der Waals surface area contributed by atoms with E-state index in [0.717, 1.165) is 11.1 Å². The molecule has 1 spiro atoms. The van der Waals surface area contributed by atoms with Crippen LogP contribution in [-0.2, 0) is 27.3 Å². The molecule has 1 aromatic rings. The van der Waals surface area contributed by atoms with Crippen LogP contribution >= 0.6 is 0 Å². The van der Waals surface area contributed by atoms with E-state index >= 15 is 0 Å². The maximum absolute atomic E-state index is 13.7. The summed E-state index contributed by atoms with van der Waals surface area (Å²) in [4.78, 5) is 30.4. The van der Waals surface area contributed by atoms with Crippen LogP contribution in [0, 0.1) is 23.1 Å². The molecule has 2 amide bonds. The van der Waals surface area contributed by atoms with Crippen LogP contribution in [0.3, 0.4) is 0 Å². The quantitative estimate of drug-likeness (QED) is 0.720. The van der Waals surface area contributed by atoms with Gasteiger partial charge < -0.3 is 14.5 Å². The van der Waals surface area contributed by atoms with Gasteiger partial charge in [-0.1, -0.05) is 39.0 Å². The highest BCUT2D eigenvalue weighted by Crippen LogP contribution is 2.52. The number of carbonyl (C=O) groups is 2. The van der Waals surface area contributed by atoms with Crippen molar-refractivity contribution in [1.82, 2.24) is 9.80 Å². The Kier molecular flexibility index (Phi) is 3.98. The SMILES string of the molecule is CC(C)(C)CN1C[C@]23C=C[C@H](O2)[C@H](C(=O)N2CCc4ccc(F)cc4C2)[C@@H]3C1=O. The molecule has 2 bridgehead atoms. The van der Waals surface area contributed by atoms with Crippen molar-refractivity contribution in [3.8, 4) is 0 Å². The lowest BCUT2D eigenvalue weighted by molar-refractivity contribution is -0.144. The predicted molar refractivity (Wildman–Crippen MR) is 105 cm³/mol. The molecule has 0 aromatic heterocycles. The highest BCUT2D eigenvalue weighted by atomic mass is 19.1. The molecule has 0 unspecified atom stereocenters. The van der Waals surface area contributed by atoms with E-state index in [-0.39, 0.29) is 29.2 Å². The van der Waals surface area contributed by atoms with Gasteiger partial charge in [0.05, 0.1) is 24.5 Å². The van der Waals surface area contributed by atoms with Crippen LogP contribution in [0.2, 0.25) is 0 Å². The molecule has 2 saturated heterocycles. The molecule has 1 aromatic carbocycles. The third-order valence-corrected chi connectivity index (χ3v) is 6.62. The van der Waals surface area contributed by atoms with Gasteiger partial charge in [-0.05, 0) is 35.1 Å². The van der Waals surface area contributed by atoms with Crippen molar-refractivity contribution in [1.29, 1.82) is 0 Å². The fourth-order valence-electron chi connectivity index (χ4n) is 5.49. The Morgan fingerprint density at radius 3 is 2.86 bits per heavy atom. The van der Waals surface area contributed by atoms with E-state index in [1.807, 2.05) is 17.1 Å². The molecule has 0 radical (unpaired) electrons. The highest BCUT2D eigenvalue weighted by Gasteiger charge is 2.67. The van der Waals surface area contributed by atoms with Gasteiger partial charge in [-0.25, -0.2) is 4.39 Å². The summed E-state index contributed by atoms with van der Waals surface area (Å²) >= 11 is 0. The Morgan fingerprint density at radius 1 is 1.31 bits per heavy atom. The maximum Gasteiger partial charge on any atom is 0.230 e. The number of benzene rings is 1. The molecule has 0 saturated carbocycles. The summed E-state index contributed by atoms with van der Waals surface area (Å²) in [6.07, 6.45) is 4.30. The van der Waals surface area contributed by atoms with Gasteiger partial charge in [0.15, 0.2) is 0 Å². The number of likely N-dealkylation sites (tertiary alicyclic amines) is 1. The molecular formula is C23H27FN2O3. The first-order valence-electron chi connectivity index (χ1n) is 10.4. The number of rotatable bonds is 2. The molecule has 29 heavy (non-hydrogen) atoms. The number of fused-ring (bicyclic) bond motifs is 2. The first-order valence-corrected chi connectivity index (χ1v) is 10.4. The molecule has 0 aliphatic carbocycles. The highest BCUT2D eigenvalue weighted by molar-refractivity contribution is 5.93. The monoisotopic (exact) mass is 398 g/mol. The molecular weight excluding hydrogens is 371 g/mol. The fourth-order valence-corrected chi connectivity index (χ4v) is 5.49. The average molecular weight is 398 g/mol. The number of halogens is 1. The van der Waals surface area contributed by atoms with Crippen LogP contribution in [0.25, 0.3) is 0 Å². The second-order valence-corrected chi connectivity index (χ2v) is 10.1. The van der Waals surface area contributed by atoms with Crippen LogP contribution in [0.4, 0.5) is 4.39 Å². The standard InChI is InChI=1S/C23H27FN2O3/c1-22(2,3)12-26-13-23-8-6-17(29-23)18(19(23)21(26)28)20(27)25-9-7-14-4-5-16(24)10-15(14)11-25/h4-6,8,10,17-19H,7,9,11-13H2,1-3H3/t17-,18-,19+,23-/m0/s1. The minimum atomic E-state index is -0.673. The van der Waals surface area contributed by atoms with Gasteiger partial charge in [0.1, 0.15) is 11.4 Å². The lowest BCUT2D eigenvalue weighted by atomic mass is 9.76. The Balaban J connectivity index is 1.40. The molecule has 5 nitrogen and oxygen atoms in total. The fraction of sp³-hybridized carbons (Fsp3) is 0.565. The normalized spacial score (nSPS) is 32.7. The second kappa shape index (κ2) is 6.14. The molecule has 4 heterocycles. The number of ether oxygens (including phenoxy) is 1. The number of nitrogens with zero attached hydrogens (tertiary/aromatic N) is 2. The van der Waals surface area contributed by atoms with Gasteiger partial charge in [0.2, 0.25) is 11.8 Å². The van der Waals surface area contributed by atoms with Crippen LogP contribution in [0.1, 0.15) is 31.9 Å². The third-order valence-electron chi connectivity index (χ3n) is 6.62. The second-order valence-electron chi connectivity index (χ2n) is 10.1. The minimum Gasteiger partial charge on any atom is -0.360 e. The van der Waals surface area contributed by atoms with Crippen molar-refractivity contribution in [2.45, 2.75) is 45.4 Å². The average Bonchev–Trinajstić information content (AvgIpc) is 3.27. The van der Waals surface area contributed by atoms with Crippen molar-refractivity contribution < 1.29 is 18.7 Å². The Bertz CT molecular complexity index is 921. The van der Waals surface area contributed by atoms with E-state index in [9.17, 15) is 14.0 Å². The van der Waals surface area contributed by atoms with Gasteiger partial charge >= 0.3 is 0 Å². The summed E-state index contributed by atoms with van der Waals surface area (Å²) < 4.78 is 19.9. The van der Waals surface area contributed by atoms with Crippen LogP contribution in [-0.4, -0.2) is 53.0 Å². The van der Waals surface area contributed by atoms with E-state index in [1.165, 1.54) is 12.1 Å². The van der Waals surface area contributed by atoms with Crippen LogP contribution < -0.4 is 0 Å². The summed E-state index contributed by atoms with van der Waals surface area (Å²) in [5, 5.41) is 0. The third kappa shape index (κ3) is 2.91. The molecule has 4 aliphatic rings. The zero-order chi connectivity index (χ0) is 20.6. The van der Waals surface area contributed by atoms with E-state index in [2.05, 4.69) is 20.8 Å². The van der Waals surface area contributed by atoms with Gasteiger partial charge in [0, 0.05) is 19.6 Å². The predicted octanol–water partition coefficient (Wildman–Crippen LogP) is 2.54. The van der Waals surface area contributed by atoms with E-state index < -0.39 is 17.4 Å². The van der Waals surface area contributed by atoms with E-state index in [4.69, 9.17) is 4.74 Å². The molecule has 154 valence electrons. The van der Waals surface area contributed by atoms with Gasteiger partial charge in [0.25, 0.3) is 0 Å². The Hall–Kier alpha value is -2.21. The zero-order valence-corrected chi connectivity index (χ0v) is 17.2. The largest absolute Gasteiger partial charge is 0.360 e. The summed E-state index contributed by atoms with van der Waals surface area (Å²) in [5.41, 5.74) is 1.25. The first-order chi connectivity index (χ1) is 13.7. The summed E-state index contributed by atoms with van der Waals surface area (Å²) in [6, 6.07) is 4.78. The first kappa shape index (κ1) is 18.8. The number of hydrogen-bond acceptors (Lipinski definition) is 3. The lowest BCUT2D eigenvalue weighted by Gasteiger charge is -2.34. The van der Waals surface area contributed by atoms with Crippen molar-refractivity contribution in [2.24, 2.45) is 17.3 Å². The van der Waals surface area contributed by atoms with Crippen molar-refractivity contribution in [2.75, 3.05) is 19.6 Å². The van der Waals surface area contributed by atoms with E-state index in [0.29, 0.717) is 32.6 Å². The van der Waals surface area contributed by atoms with Gasteiger partial charge in [-0.2, -0.15) is 0 Å². The van der Waals surface area contributed by atoms with Crippen molar-refractivity contribution in [3.63, 3.8) is 0 Å². The summed E-state index contributed by atoms with van der Waals surface area (Å²) in [5.74, 6) is -1.26. The number of carbonyl (C=O) groups excluding carboxylic acids is 2. The van der Waals surface area contributed by atoms with Crippen molar-refractivity contribution >= 4 is 11.8 Å². The van der Waals surface area contributed by atoms with Crippen LogP contribution in [0.5, 0.6) is 0 Å². The summed E-state index contributed by atoms with van der Waals surface area (Å²) in [6.45, 7) is 8.44. The molecule has 6 heteroatoms. The number of amides is 2. The van der Waals surface area contributed by atoms with Gasteiger partial charge in [-0.15, -0.1) is 0 Å². The molecule has 5 rings (SSSR count). The molecule has 4 aliphatic heterocycles. The zero-order valence-electron chi connectivity index (χ0n) is 17.2. The maximum atomic E-state index is 13.7. The minimum absolute atomic E-state index is 0.0210. The number of hydrogen-bond donors (Lipinski definition) is 0. The Morgan fingerprint density at radius 2 is 2.10 bits per heavy atom. The molecule has 0 N–H and O–H groups in total. The Labute approximate surface area is 170 Å². The van der Waals surface area contributed by atoms with Crippen LogP contribution in [0.15, 0.2) is 30.4 Å². The summed E-state index contributed by atoms with van der Waals surface area (Å²) in [7, 11) is 0. The lowest BCUT2D eigenvalue weighted by Crippen LogP contribution is -2.47. The van der Waals surface area contributed by atoms with Crippen molar-refractivity contribution in [3.05, 3.63) is 47.3 Å². The topological polar surface area (TPSA) is 49.9 Å². The van der Waals surface area contributed by atoms with Gasteiger partial charge in [-0.3, -0.25) is 9.59 Å². The molecule has 2 fully saturated rings.